The Labute approximate surface area is 197 Å². The van der Waals surface area contributed by atoms with E-state index < -0.39 is 4.92 Å². The van der Waals surface area contributed by atoms with Crippen molar-refractivity contribution in [1.29, 1.82) is 5.26 Å². The first-order valence-electron chi connectivity index (χ1n) is 9.78. The van der Waals surface area contributed by atoms with Crippen LogP contribution < -0.4 is 9.47 Å². The SMILES string of the molecule is COc1ccc2nc(/C(C#N)=C\c3ccc(OCc4ccc([N+](=O)[O-])cc4)c(Br)c3)[nH]c2c1. The van der Waals surface area contributed by atoms with Gasteiger partial charge in [-0.25, -0.2) is 4.98 Å². The van der Waals surface area contributed by atoms with E-state index in [1.807, 2.05) is 30.3 Å². The number of aromatic amines is 1. The zero-order chi connectivity index (χ0) is 23.4. The van der Waals surface area contributed by atoms with E-state index in [2.05, 4.69) is 32.0 Å². The summed E-state index contributed by atoms with van der Waals surface area (Å²) >= 11 is 3.50. The van der Waals surface area contributed by atoms with Gasteiger partial charge in [-0.3, -0.25) is 10.1 Å². The summed E-state index contributed by atoms with van der Waals surface area (Å²) in [6, 6.07) is 19.3. The fraction of sp³-hybridized carbons (Fsp3) is 0.0833. The molecule has 1 aromatic heterocycles. The third kappa shape index (κ3) is 5.02. The van der Waals surface area contributed by atoms with Gasteiger partial charge in [-0.15, -0.1) is 0 Å². The lowest BCUT2D eigenvalue weighted by molar-refractivity contribution is -0.384. The molecule has 0 saturated carbocycles. The van der Waals surface area contributed by atoms with Crippen molar-refractivity contribution in [2.24, 2.45) is 0 Å². The summed E-state index contributed by atoms with van der Waals surface area (Å²) in [5.41, 5.74) is 3.54. The van der Waals surface area contributed by atoms with Gasteiger partial charge in [0.05, 0.1) is 33.1 Å². The van der Waals surface area contributed by atoms with E-state index >= 15 is 0 Å². The molecule has 0 unspecified atom stereocenters. The number of nitro groups is 1. The third-order valence-electron chi connectivity index (χ3n) is 4.87. The van der Waals surface area contributed by atoms with Crippen molar-refractivity contribution in [2.75, 3.05) is 7.11 Å². The summed E-state index contributed by atoms with van der Waals surface area (Å²) in [5, 5.41) is 20.4. The highest BCUT2D eigenvalue weighted by atomic mass is 79.9. The normalized spacial score (nSPS) is 11.2. The number of nitrogens with zero attached hydrogens (tertiary/aromatic N) is 3. The number of non-ortho nitro benzene ring substituents is 1. The molecule has 9 heteroatoms. The van der Waals surface area contributed by atoms with Crippen LogP contribution in [0.2, 0.25) is 0 Å². The number of fused-ring (bicyclic) bond motifs is 1. The van der Waals surface area contributed by atoms with E-state index in [9.17, 15) is 15.4 Å². The summed E-state index contributed by atoms with van der Waals surface area (Å²) in [4.78, 5) is 18.0. The molecule has 8 nitrogen and oxygen atoms in total. The van der Waals surface area contributed by atoms with Crippen LogP contribution in [0.5, 0.6) is 11.5 Å². The van der Waals surface area contributed by atoms with Crippen molar-refractivity contribution in [1.82, 2.24) is 9.97 Å². The maximum Gasteiger partial charge on any atom is 0.269 e. The Hall–Kier alpha value is -4.16. The van der Waals surface area contributed by atoms with Crippen LogP contribution in [0.4, 0.5) is 5.69 Å². The van der Waals surface area contributed by atoms with E-state index in [-0.39, 0.29) is 12.3 Å². The van der Waals surface area contributed by atoms with E-state index in [0.29, 0.717) is 27.4 Å². The smallest absolute Gasteiger partial charge is 0.269 e. The van der Waals surface area contributed by atoms with Gasteiger partial charge in [-0.05, 0) is 69.5 Å². The number of hydrogen-bond acceptors (Lipinski definition) is 6. The minimum absolute atomic E-state index is 0.0351. The van der Waals surface area contributed by atoms with Gasteiger partial charge < -0.3 is 14.5 Å². The number of imidazole rings is 1. The molecule has 1 heterocycles. The lowest BCUT2D eigenvalue weighted by Gasteiger charge is -2.09. The van der Waals surface area contributed by atoms with E-state index in [0.717, 1.165) is 22.2 Å². The van der Waals surface area contributed by atoms with Gasteiger partial charge in [0.1, 0.15) is 30.0 Å². The average Bonchev–Trinajstić information content (AvgIpc) is 3.25. The molecule has 0 aliphatic heterocycles. The molecule has 0 aliphatic rings. The maximum atomic E-state index is 10.8. The number of allylic oxidation sites excluding steroid dienone is 1. The lowest BCUT2D eigenvalue weighted by atomic mass is 10.1. The van der Waals surface area contributed by atoms with Crippen LogP contribution in [0, 0.1) is 21.4 Å². The van der Waals surface area contributed by atoms with Gasteiger partial charge in [0.2, 0.25) is 0 Å². The van der Waals surface area contributed by atoms with Gasteiger partial charge in [0.15, 0.2) is 0 Å². The number of benzene rings is 3. The number of ether oxygens (including phenoxy) is 2. The molecule has 3 aromatic carbocycles. The largest absolute Gasteiger partial charge is 0.497 e. The molecule has 0 bridgehead atoms. The highest BCUT2D eigenvalue weighted by molar-refractivity contribution is 9.10. The predicted molar refractivity (Wildman–Crippen MR) is 128 cm³/mol. The van der Waals surface area contributed by atoms with E-state index in [1.54, 1.807) is 31.4 Å². The number of hydrogen-bond donors (Lipinski definition) is 1. The van der Waals surface area contributed by atoms with Crippen molar-refractivity contribution < 1.29 is 14.4 Å². The van der Waals surface area contributed by atoms with Crippen molar-refractivity contribution >= 4 is 44.3 Å². The molecule has 4 aromatic rings. The number of rotatable bonds is 7. The molecule has 164 valence electrons. The number of methoxy groups -OCH3 is 1. The number of nitriles is 1. The van der Waals surface area contributed by atoms with E-state index in [1.165, 1.54) is 12.1 Å². The van der Waals surface area contributed by atoms with Crippen molar-refractivity contribution in [3.63, 3.8) is 0 Å². The minimum Gasteiger partial charge on any atom is -0.497 e. The second-order valence-electron chi connectivity index (χ2n) is 7.04. The molecular weight excluding hydrogens is 488 g/mol. The Morgan fingerprint density at radius 3 is 2.67 bits per heavy atom. The Bertz CT molecular complexity index is 1400. The topological polar surface area (TPSA) is 114 Å². The van der Waals surface area contributed by atoms with Gasteiger partial charge >= 0.3 is 0 Å². The van der Waals surface area contributed by atoms with Crippen LogP contribution in [0.3, 0.4) is 0 Å². The van der Waals surface area contributed by atoms with Gasteiger partial charge in [-0.2, -0.15) is 5.26 Å². The van der Waals surface area contributed by atoms with Crippen molar-refractivity contribution in [3.05, 3.63) is 92.2 Å². The summed E-state index contributed by atoms with van der Waals surface area (Å²) in [5.74, 6) is 1.78. The van der Waals surface area contributed by atoms with Gasteiger partial charge in [-0.1, -0.05) is 6.07 Å². The third-order valence-corrected chi connectivity index (χ3v) is 5.49. The Balaban J connectivity index is 1.51. The summed E-state index contributed by atoms with van der Waals surface area (Å²) < 4.78 is 11.8. The fourth-order valence-electron chi connectivity index (χ4n) is 3.16. The molecule has 0 atom stereocenters. The standard InChI is InChI=1S/C24H17BrN4O4/c1-32-19-7-8-21-22(12-19)28-24(27-21)17(13-26)10-16-4-9-23(20(25)11-16)33-14-15-2-5-18(6-3-15)29(30)31/h2-12H,14H2,1H3,(H,27,28)/b17-10-. The summed E-state index contributed by atoms with van der Waals surface area (Å²) in [7, 11) is 1.59. The van der Waals surface area contributed by atoms with Crippen molar-refractivity contribution in [2.45, 2.75) is 6.61 Å². The van der Waals surface area contributed by atoms with Crippen LogP contribution in [-0.4, -0.2) is 22.0 Å². The zero-order valence-electron chi connectivity index (χ0n) is 17.4. The first-order valence-corrected chi connectivity index (χ1v) is 10.6. The number of H-pyrrole nitrogens is 1. The average molecular weight is 505 g/mol. The first kappa shape index (κ1) is 22.0. The minimum atomic E-state index is -0.439. The Morgan fingerprint density at radius 2 is 2.00 bits per heavy atom. The second kappa shape index (κ2) is 9.54. The molecule has 4 rings (SSSR count). The Morgan fingerprint density at radius 1 is 1.21 bits per heavy atom. The monoisotopic (exact) mass is 504 g/mol. The van der Waals surface area contributed by atoms with Gasteiger partial charge in [0.25, 0.3) is 5.69 Å². The molecular formula is C24H17BrN4O4. The molecule has 0 aliphatic carbocycles. The van der Waals surface area contributed by atoms with Gasteiger partial charge in [0, 0.05) is 18.2 Å². The van der Waals surface area contributed by atoms with E-state index in [4.69, 9.17) is 9.47 Å². The summed E-state index contributed by atoms with van der Waals surface area (Å²) in [6.07, 6.45) is 1.74. The molecule has 0 radical (unpaired) electrons. The number of aromatic nitrogens is 2. The predicted octanol–water partition coefficient (Wildman–Crippen LogP) is 5.89. The summed E-state index contributed by atoms with van der Waals surface area (Å²) in [6.45, 7) is 0.262. The van der Waals surface area contributed by atoms with Crippen LogP contribution in [0.25, 0.3) is 22.7 Å². The van der Waals surface area contributed by atoms with Crippen LogP contribution >= 0.6 is 15.9 Å². The van der Waals surface area contributed by atoms with Crippen LogP contribution in [0.15, 0.2) is 65.1 Å². The second-order valence-corrected chi connectivity index (χ2v) is 7.89. The molecule has 33 heavy (non-hydrogen) atoms. The van der Waals surface area contributed by atoms with Crippen LogP contribution in [0.1, 0.15) is 17.0 Å². The first-order chi connectivity index (χ1) is 16.0. The Kier molecular flexibility index (Phi) is 6.38. The number of halogens is 1. The number of nitro benzene ring substituents is 1. The molecule has 0 amide bonds. The fourth-order valence-corrected chi connectivity index (χ4v) is 3.67. The highest BCUT2D eigenvalue weighted by Gasteiger charge is 2.10. The number of nitrogens with one attached hydrogen (secondary N) is 1. The lowest BCUT2D eigenvalue weighted by Crippen LogP contribution is -1.97. The molecule has 0 fully saturated rings. The highest BCUT2D eigenvalue weighted by Crippen LogP contribution is 2.29. The zero-order valence-corrected chi connectivity index (χ0v) is 19.0. The maximum absolute atomic E-state index is 10.8. The molecule has 0 saturated heterocycles. The van der Waals surface area contributed by atoms with Crippen molar-refractivity contribution in [3.8, 4) is 17.6 Å². The molecule has 0 spiro atoms. The van der Waals surface area contributed by atoms with Crippen LogP contribution in [-0.2, 0) is 6.61 Å². The quantitative estimate of drug-likeness (QED) is 0.191. The molecule has 1 N–H and O–H groups in total.